The fourth-order valence-electron chi connectivity index (χ4n) is 5.40. The third-order valence-corrected chi connectivity index (χ3v) is 7.56. The lowest BCUT2D eigenvalue weighted by atomic mass is 9.88. The quantitative estimate of drug-likeness (QED) is 0.270. The molecule has 0 atom stereocenters. The number of piperidine rings is 1. The van der Waals surface area contributed by atoms with Gasteiger partial charge < -0.3 is 20.3 Å². The molecule has 0 bridgehead atoms. The van der Waals surface area contributed by atoms with E-state index in [1.807, 2.05) is 0 Å². The van der Waals surface area contributed by atoms with Crippen LogP contribution in [0.2, 0.25) is 0 Å². The van der Waals surface area contributed by atoms with Crippen molar-refractivity contribution in [3.8, 4) is 0 Å². The summed E-state index contributed by atoms with van der Waals surface area (Å²) in [7, 11) is 0. The number of rotatable bonds is 8. The molecular formula is C24H46IN5O2. The zero-order chi connectivity index (χ0) is 22.1. The Kier molecular flexibility index (Phi) is 12.0. The lowest BCUT2D eigenvalue weighted by Gasteiger charge is -2.43. The van der Waals surface area contributed by atoms with E-state index in [4.69, 9.17) is 9.73 Å². The summed E-state index contributed by atoms with van der Waals surface area (Å²) in [6.07, 6.45) is 8.61. The minimum atomic E-state index is 0. The number of ether oxygens (including phenoxy) is 1. The van der Waals surface area contributed by atoms with Crippen LogP contribution in [0.1, 0.15) is 72.1 Å². The Morgan fingerprint density at radius 2 is 1.69 bits per heavy atom. The third-order valence-electron chi connectivity index (χ3n) is 7.56. The van der Waals surface area contributed by atoms with Crippen molar-refractivity contribution >= 4 is 35.8 Å². The van der Waals surface area contributed by atoms with Crippen LogP contribution >= 0.6 is 24.0 Å². The van der Waals surface area contributed by atoms with Gasteiger partial charge in [0.15, 0.2) is 5.96 Å². The second kappa shape index (κ2) is 13.9. The maximum absolute atomic E-state index is 12.7. The predicted octanol–water partition coefficient (Wildman–Crippen LogP) is 3.23. The van der Waals surface area contributed by atoms with E-state index >= 15 is 0 Å². The first-order chi connectivity index (χ1) is 15.1. The predicted molar refractivity (Wildman–Crippen MR) is 142 cm³/mol. The number of likely N-dealkylation sites (tertiary alicyclic amines) is 2. The van der Waals surface area contributed by atoms with E-state index in [0.29, 0.717) is 11.9 Å². The highest BCUT2D eigenvalue weighted by atomic mass is 127. The van der Waals surface area contributed by atoms with Gasteiger partial charge in [0, 0.05) is 50.3 Å². The second-order valence-corrected chi connectivity index (χ2v) is 9.48. The summed E-state index contributed by atoms with van der Waals surface area (Å²) in [5, 5.41) is 7.13. The van der Waals surface area contributed by atoms with Gasteiger partial charge in [-0.1, -0.05) is 13.8 Å². The Hall–Kier alpha value is -0.610. The third kappa shape index (κ3) is 7.19. The van der Waals surface area contributed by atoms with Crippen LogP contribution in [0.5, 0.6) is 0 Å². The Morgan fingerprint density at radius 1 is 1.06 bits per heavy atom. The molecule has 8 heteroatoms. The van der Waals surface area contributed by atoms with Gasteiger partial charge in [0.25, 0.3) is 0 Å². The fourth-order valence-corrected chi connectivity index (χ4v) is 5.40. The molecule has 3 rings (SSSR count). The van der Waals surface area contributed by atoms with Gasteiger partial charge in [0.05, 0.1) is 6.54 Å². The number of carbonyl (C=O) groups is 1. The maximum atomic E-state index is 12.7. The van der Waals surface area contributed by atoms with Gasteiger partial charge in [-0.2, -0.15) is 0 Å². The van der Waals surface area contributed by atoms with E-state index in [9.17, 15) is 4.79 Å². The number of hydrogen-bond donors (Lipinski definition) is 2. The summed E-state index contributed by atoms with van der Waals surface area (Å²) >= 11 is 0. The van der Waals surface area contributed by atoms with Crippen LogP contribution in [0.15, 0.2) is 4.99 Å². The van der Waals surface area contributed by atoms with E-state index in [1.54, 1.807) is 0 Å². The van der Waals surface area contributed by atoms with Crippen molar-refractivity contribution in [1.82, 2.24) is 20.4 Å². The highest BCUT2D eigenvalue weighted by Crippen LogP contribution is 2.31. The number of nitrogens with one attached hydrogen (secondary N) is 2. The van der Waals surface area contributed by atoms with Crippen LogP contribution in [0.3, 0.4) is 0 Å². The van der Waals surface area contributed by atoms with E-state index in [-0.39, 0.29) is 35.4 Å². The minimum Gasteiger partial charge on any atom is -0.381 e. The Labute approximate surface area is 212 Å². The molecule has 3 fully saturated rings. The number of carbonyl (C=O) groups excluding carboxylic acids is 1. The molecule has 7 nitrogen and oxygen atoms in total. The van der Waals surface area contributed by atoms with Crippen molar-refractivity contribution in [3.05, 3.63) is 0 Å². The molecule has 0 saturated carbocycles. The molecule has 2 N–H and O–H groups in total. The lowest BCUT2D eigenvalue weighted by molar-refractivity contribution is -0.136. The Bertz CT molecular complexity index is 579. The van der Waals surface area contributed by atoms with Crippen LogP contribution in [-0.2, 0) is 9.53 Å². The molecule has 0 aliphatic carbocycles. The average molecular weight is 564 g/mol. The first-order valence-corrected chi connectivity index (χ1v) is 12.8. The van der Waals surface area contributed by atoms with Gasteiger partial charge in [-0.05, 0) is 71.4 Å². The molecule has 3 aliphatic rings. The molecule has 0 aromatic heterocycles. The first-order valence-electron chi connectivity index (χ1n) is 12.8. The molecule has 3 aliphatic heterocycles. The molecule has 0 spiro atoms. The Balaban J connectivity index is 0.00000363. The van der Waals surface area contributed by atoms with E-state index in [1.165, 1.54) is 25.9 Å². The van der Waals surface area contributed by atoms with Gasteiger partial charge in [-0.25, -0.2) is 0 Å². The summed E-state index contributed by atoms with van der Waals surface area (Å²) in [6.45, 7) is 13.8. The number of aliphatic imine (C=N–C) groups is 1. The number of hydrogen-bond acceptors (Lipinski definition) is 4. The largest absolute Gasteiger partial charge is 0.381 e. The molecule has 3 saturated heterocycles. The van der Waals surface area contributed by atoms with Crippen molar-refractivity contribution < 1.29 is 9.53 Å². The second-order valence-electron chi connectivity index (χ2n) is 9.48. The van der Waals surface area contributed by atoms with Crippen molar-refractivity contribution in [2.24, 2.45) is 10.9 Å². The topological polar surface area (TPSA) is 69.2 Å². The van der Waals surface area contributed by atoms with Gasteiger partial charge >= 0.3 is 0 Å². The lowest BCUT2D eigenvalue weighted by Crippen LogP contribution is -2.54. The summed E-state index contributed by atoms with van der Waals surface area (Å²) < 4.78 is 5.68. The molecule has 3 heterocycles. The summed E-state index contributed by atoms with van der Waals surface area (Å²) in [4.78, 5) is 22.5. The van der Waals surface area contributed by atoms with E-state index in [0.717, 1.165) is 83.9 Å². The highest BCUT2D eigenvalue weighted by molar-refractivity contribution is 14.0. The number of halogens is 1. The molecule has 1 amide bonds. The van der Waals surface area contributed by atoms with Crippen molar-refractivity contribution in [3.63, 3.8) is 0 Å². The van der Waals surface area contributed by atoms with Crippen LogP contribution in [0.4, 0.5) is 0 Å². The molecule has 0 unspecified atom stereocenters. The summed E-state index contributed by atoms with van der Waals surface area (Å²) in [5.41, 5.74) is 0.155. The van der Waals surface area contributed by atoms with Crippen molar-refractivity contribution in [1.29, 1.82) is 0 Å². The smallest absolute Gasteiger partial charge is 0.225 e. The minimum absolute atomic E-state index is 0. The van der Waals surface area contributed by atoms with Crippen LogP contribution in [-0.4, -0.2) is 85.7 Å². The van der Waals surface area contributed by atoms with Crippen LogP contribution < -0.4 is 10.6 Å². The zero-order valence-electron chi connectivity index (χ0n) is 20.5. The van der Waals surface area contributed by atoms with Crippen molar-refractivity contribution in [2.75, 3.05) is 52.5 Å². The van der Waals surface area contributed by atoms with Gasteiger partial charge in [0.2, 0.25) is 5.91 Å². The monoisotopic (exact) mass is 563 g/mol. The number of nitrogens with zero attached hydrogens (tertiary/aromatic N) is 3. The molecule has 0 aromatic carbocycles. The normalized spacial score (nSPS) is 22.6. The molecule has 32 heavy (non-hydrogen) atoms. The zero-order valence-corrected chi connectivity index (χ0v) is 22.9. The van der Waals surface area contributed by atoms with E-state index in [2.05, 4.69) is 41.2 Å². The molecular weight excluding hydrogens is 517 g/mol. The van der Waals surface area contributed by atoms with Gasteiger partial charge in [-0.3, -0.25) is 14.7 Å². The Morgan fingerprint density at radius 3 is 2.25 bits per heavy atom. The van der Waals surface area contributed by atoms with Gasteiger partial charge in [0.1, 0.15) is 0 Å². The number of amides is 1. The van der Waals surface area contributed by atoms with Gasteiger partial charge in [-0.15, -0.1) is 24.0 Å². The van der Waals surface area contributed by atoms with Crippen LogP contribution in [0.25, 0.3) is 0 Å². The highest BCUT2D eigenvalue weighted by Gasteiger charge is 2.39. The average Bonchev–Trinajstić information content (AvgIpc) is 3.35. The SMILES string of the molecule is CCNC(=NCC1(N2CCCC2)CCOCC1)NC1CCN(C(=O)C(CC)CC)CC1.I. The maximum Gasteiger partial charge on any atom is 0.225 e. The number of guanidine groups is 1. The van der Waals surface area contributed by atoms with Crippen molar-refractivity contribution in [2.45, 2.75) is 83.7 Å². The standard InChI is InChI=1S/C24H45N5O2.HI/c1-4-20(5-2)22(30)28-15-9-21(10-16-28)27-23(25-6-3)26-19-24(11-17-31-18-12-24)29-13-7-8-14-29;/h20-21H,4-19H2,1-3H3,(H2,25,26,27);1H. The van der Waals surface area contributed by atoms with E-state index < -0.39 is 0 Å². The van der Waals surface area contributed by atoms with Crippen LogP contribution in [0, 0.1) is 5.92 Å². The summed E-state index contributed by atoms with van der Waals surface area (Å²) in [5.74, 6) is 1.46. The molecule has 0 radical (unpaired) electrons. The molecule has 0 aromatic rings. The first kappa shape index (κ1) is 27.6. The molecule has 186 valence electrons. The summed E-state index contributed by atoms with van der Waals surface area (Å²) in [6, 6.07) is 0.376. The fraction of sp³-hybridized carbons (Fsp3) is 0.917.